The number of benzene rings is 2. The van der Waals surface area contributed by atoms with E-state index in [9.17, 15) is 43.2 Å². The molecule has 2 rings (SSSR count). The largest absolute Gasteiger partial charge is 0.416 e. The van der Waals surface area contributed by atoms with Crippen LogP contribution in [0.4, 0.5) is 32.0 Å². The Morgan fingerprint density at radius 1 is 0.714 bits per heavy atom. The zero-order valence-electron chi connectivity index (χ0n) is 13.3. The van der Waals surface area contributed by atoms with Gasteiger partial charge in [-0.05, 0) is 42.5 Å². The molecule has 0 aromatic heterocycles. The van der Waals surface area contributed by atoms with Crippen LogP contribution in [-0.2, 0) is 32.4 Å². The summed E-state index contributed by atoms with van der Waals surface area (Å²) in [5.74, 6) is 0. The minimum Gasteiger partial charge on any atom is -0.280 e. The van der Waals surface area contributed by atoms with Crippen molar-refractivity contribution in [1.29, 1.82) is 0 Å². The maximum absolute atomic E-state index is 12.9. The third kappa shape index (κ3) is 5.14. The molecule has 0 saturated heterocycles. The number of halogens is 6. The zero-order valence-corrected chi connectivity index (χ0v) is 15.0. The van der Waals surface area contributed by atoms with Crippen molar-refractivity contribution in [3.05, 3.63) is 53.6 Å². The monoisotopic (exact) mass is 448 g/mol. The summed E-state index contributed by atoms with van der Waals surface area (Å²) in [7, 11) is -8.94. The van der Waals surface area contributed by atoms with Crippen molar-refractivity contribution in [2.24, 2.45) is 5.14 Å². The summed E-state index contributed by atoms with van der Waals surface area (Å²) in [5.41, 5.74) is -3.90. The first-order valence-corrected chi connectivity index (χ1v) is 9.98. The molecule has 0 saturated carbocycles. The van der Waals surface area contributed by atoms with Gasteiger partial charge in [0.2, 0.25) is 10.0 Å². The van der Waals surface area contributed by atoms with Gasteiger partial charge >= 0.3 is 12.4 Å². The number of primary sulfonamides is 1. The van der Waals surface area contributed by atoms with E-state index in [0.29, 0.717) is 0 Å². The highest BCUT2D eigenvalue weighted by Crippen LogP contribution is 2.37. The molecule has 3 N–H and O–H groups in total. The highest BCUT2D eigenvalue weighted by Gasteiger charge is 2.38. The first-order chi connectivity index (χ1) is 12.5. The van der Waals surface area contributed by atoms with Crippen molar-refractivity contribution in [2.75, 3.05) is 4.72 Å². The standard InChI is InChI=1S/C14H10F6N2O4S2/c15-13(16,17)8-5-9(14(18,19)20)7-12(6-8)28(25,26)22-10-1-3-11(4-2-10)27(21,23)24/h1-7,22H,(H2,21,23,24). The van der Waals surface area contributed by atoms with Crippen LogP contribution >= 0.6 is 0 Å². The number of hydrogen-bond donors (Lipinski definition) is 2. The van der Waals surface area contributed by atoms with Crippen LogP contribution in [0.1, 0.15) is 11.1 Å². The fraction of sp³-hybridized carbons (Fsp3) is 0.143. The highest BCUT2D eigenvalue weighted by molar-refractivity contribution is 7.92. The van der Waals surface area contributed by atoms with E-state index in [2.05, 4.69) is 0 Å². The number of nitrogens with one attached hydrogen (secondary N) is 1. The molecule has 2 aromatic rings. The molecule has 0 aliphatic carbocycles. The molecule has 0 spiro atoms. The van der Waals surface area contributed by atoms with Crippen LogP contribution in [0.2, 0.25) is 0 Å². The molecular weight excluding hydrogens is 438 g/mol. The molecule has 14 heteroatoms. The number of sulfonamides is 2. The van der Waals surface area contributed by atoms with Crippen molar-refractivity contribution in [3.63, 3.8) is 0 Å². The summed E-state index contributed by atoms with van der Waals surface area (Å²) in [4.78, 5) is -1.65. The van der Waals surface area contributed by atoms with Crippen LogP contribution in [0.25, 0.3) is 0 Å². The number of alkyl halides is 6. The number of nitrogens with two attached hydrogens (primary N) is 1. The molecule has 0 fully saturated rings. The summed E-state index contributed by atoms with van der Waals surface area (Å²) in [5, 5.41) is 4.86. The van der Waals surface area contributed by atoms with Gasteiger partial charge in [-0.2, -0.15) is 26.3 Å². The van der Waals surface area contributed by atoms with Gasteiger partial charge in [0.05, 0.1) is 20.9 Å². The summed E-state index contributed by atoms with van der Waals surface area (Å²) >= 11 is 0. The maximum atomic E-state index is 12.9. The van der Waals surface area contributed by atoms with Crippen LogP contribution in [0.15, 0.2) is 52.3 Å². The van der Waals surface area contributed by atoms with Gasteiger partial charge in [-0.15, -0.1) is 0 Å². The molecule has 154 valence electrons. The van der Waals surface area contributed by atoms with Gasteiger partial charge in [0.15, 0.2) is 0 Å². The summed E-state index contributed by atoms with van der Waals surface area (Å²) < 4.78 is 126. The van der Waals surface area contributed by atoms with Crippen molar-refractivity contribution in [3.8, 4) is 0 Å². The molecule has 0 bridgehead atoms. The van der Waals surface area contributed by atoms with Crippen molar-refractivity contribution >= 4 is 25.7 Å². The van der Waals surface area contributed by atoms with E-state index < -0.39 is 48.4 Å². The quantitative estimate of drug-likeness (QED) is 0.701. The second kappa shape index (κ2) is 6.93. The third-order valence-corrected chi connectivity index (χ3v) is 5.60. The molecule has 6 nitrogen and oxygen atoms in total. The van der Waals surface area contributed by atoms with Gasteiger partial charge in [-0.1, -0.05) is 0 Å². The first kappa shape index (κ1) is 22.0. The number of hydrogen-bond acceptors (Lipinski definition) is 4. The van der Waals surface area contributed by atoms with Crippen molar-refractivity contribution in [1.82, 2.24) is 0 Å². The van der Waals surface area contributed by atoms with E-state index in [-0.39, 0.29) is 28.8 Å². The van der Waals surface area contributed by atoms with Gasteiger partial charge < -0.3 is 0 Å². The number of rotatable bonds is 4. The molecule has 0 amide bonds. The van der Waals surface area contributed by atoms with E-state index in [1.54, 1.807) is 4.72 Å². The van der Waals surface area contributed by atoms with Crippen molar-refractivity contribution < 1.29 is 43.2 Å². The first-order valence-electron chi connectivity index (χ1n) is 6.95. The fourth-order valence-corrected chi connectivity index (χ4v) is 3.65. The average molecular weight is 448 g/mol. The number of anilines is 1. The second-order valence-corrected chi connectivity index (χ2v) is 8.66. The molecule has 2 aromatic carbocycles. The Balaban J connectivity index is 2.50. The second-order valence-electron chi connectivity index (χ2n) is 5.42. The molecule has 0 unspecified atom stereocenters. The Kier molecular flexibility index (Phi) is 5.44. The fourth-order valence-electron chi connectivity index (χ4n) is 2.01. The van der Waals surface area contributed by atoms with Gasteiger partial charge in [0.1, 0.15) is 0 Å². The molecular formula is C14H10F6N2O4S2. The Morgan fingerprint density at radius 2 is 1.14 bits per heavy atom. The summed E-state index contributed by atoms with van der Waals surface area (Å²) in [6, 6.07) is 3.55. The Morgan fingerprint density at radius 3 is 1.50 bits per heavy atom. The van der Waals surface area contributed by atoms with Crippen LogP contribution in [0, 0.1) is 0 Å². The van der Waals surface area contributed by atoms with Crippen LogP contribution in [0.3, 0.4) is 0 Å². The van der Waals surface area contributed by atoms with Crippen LogP contribution in [-0.4, -0.2) is 16.8 Å². The Bertz CT molecular complexity index is 1060. The molecule has 0 atom stereocenters. The van der Waals surface area contributed by atoms with E-state index in [1.165, 1.54) is 0 Å². The van der Waals surface area contributed by atoms with E-state index in [0.717, 1.165) is 24.3 Å². The zero-order chi connectivity index (χ0) is 21.5. The average Bonchev–Trinajstić information content (AvgIpc) is 2.52. The predicted molar refractivity (Wildman–Crippen MR) is 85.1 cm³/mol. The summed E-state index contributed by atoms with van der Waals surface area (Å²) in [6.07, 6.45) is -10.4. The lowest BCUT2D eigenvalue weighted by atomic mass is 10.1. The predicted octanol–water partition coefficient (Wildman–Crippen LogP) is 3.17. The minimum absolute atomic E-state index is 0.0519. The topological polar surface area (TPSA) is 106 Å². The normalized spacial score (nSPS) is 13.4. The molecule has 0 radical (unpaired) electrons. The lowest BCUT2D eigenvalue weighted by Gasteiger charge is -2.15. The molecule has 0 heterocycles. The summed E-state index contributed by atoms with van der Waals surface area (Å²) in [6.45, 7) is 0. The van der Waals surface area contributed by atoms with Gasteiger partial charge in [-0.3, -0.25) is 4.72 Å². The SMILES string of the molecule is NS(=O)(=O)c1ccc(NS(=O)(=O)c2cc(C(F)(F)F)cc(C(F)(F)F)c2)cc1. The van der Waals surface area contributed by atoms with Crippen LogP contribution < -0.4 is 9.86 Å². The minimum atomic E-state index is -5.22. The Hall–Kier alpha value is -2.32. The van der Waals surface area contributed by atoms with Gasteiger partial charge in [0.25, 0.3) is 10.0 Å². The van der Waals surface area contributed by atoms with Crippen LogP contribution in [0.5, 0.6) is 0 Å². The Labute approximate surface area is 155 Å². The van der Waals surface area contributed by atoms with Crippen molar-refractivity contribution in [2.45, 2.75) is 22.1 Å². The van der Waals surface area contributed by atoms with E-state index in [1.807, 2.05) is 0 Å². The molecule has 0 aliphatic rings. The lowest BCUT2D eigenvalue weighted by Crippen LogP contribution is -2.17. The smallest absolute Gasteiger partial charge is 0.280 e. The highest BCUT2D eigenvalue weighted by atomic mass is 32.2. The maximum Gasteiger partial charge on any atom is 0.416 e. The van der Waals surface area contributed by atoms with E-state index in [4.69, 9.17) is 5.14 Å². The lowest BCUT2D eigenvalue weighted by molar-refractivity contribution is -0.143. The van der Waals surface area contributed by atoms with E-state index >= 15 is 0 Å². The van der Waals surface area contributed by atoms with Gasteiger partial charge in [-0.25, -0.2) is 22.0 Å². The molecule has 0 aliphatic heterocycles. The third-order valence-electron chi connectivity index (χ3n) is 3.31. The van der Waals surface area contributed by atoms with Gasteiger partial charge in [0, 0.05) is 5.69 Å². The molecule has 28 heavy (non-hydrogen) atoms.